The van der Waals surface area contributed by atoms with E-state index in [2.05, 4.69) is 60.7 Å². The van der Waals surface area contributed by atoms with Crippen LogP contribution in [0.1, 0.15) is 33.3 Å². The van der Waals surface area contributed by atoms with Crippen LogP contribution in [0.5, 0.6) is 0 Å². The summed E-state index contributed by atoms with van der Waals surface area (Å²) in [6.45, 7) is 11.0. The topological polar surface area (TPSA) is 3.24 Å². The van der Waals surface area contributed by atoms with E-state index in [1.807, 2.05) is 6.07 Å². The van der Waals surface area contributed by atoms with E-state index in [1.54, 1.807) is 0 Å². The second-order valence-corrected chi connectivity index (χ2v) is 6.48. The van der Waals surface area contributed by atoms with E-state index in [4.69, 9.17) is 11.6 Å². The van der Waals surface area contributed by atoms with Crippen molar-refractivity contribution in [3.05, 3.63) is 33.3 Å². The molecule has 0 heterocycles. The number of halogens is 2. The van der Waals surface area contributed by atoms with E-state index in [-0.39, 0.29) is 0 Å². The van der Waals surface area contributed by atoms with Crippen LogP contribution < -0.4 is 0 Å². The zero-order valence-corrected chi connectivity index (χ0v) is 13.3. The van der Waals surface area contributed by atoms with Crippen molar-refractivity contribution in [3.63, 3.8) is 0 Å². The summed E-state index contributed by atoms with van der Waals surface area (Å²) < 4.78 is 1.03. The molecule has 0 unspecified atom stereocenters. The molecule has 3 heteroatoms. The molecule has 1 aromatic rings. The maximum atomic E-state index is 6.26. The monoisotopic (exact) mass is 317 g/mol. The molecule has 0 saturated carbocycles. The molecule has 1 rings (SSSR count). The largest absolute Gasteiger partial charge is 0.296 e. The molecule has 0 bridgehead atoms. The second kappa shape index (κ2) is 6.77. The van der Waals surface area contributed by atoms with Crippen molar-refractivity contribution in [2.24, 2.45) is 5.92 Å². The first-order valence-corrected chi connectivity index (χ1v) is 7.25. The van der Waals surface area contributed by atoms with Crippen LogP contribution in [0.3, 0.4) is 0 Å². The predicted octanol–water partition coefficient (Wildman–Crippen LogP) is 4.97. The Morgan fingerprint density at radius 1 is 1.24 bits per heavy atom. The minimum absolute atomic E-state index is 0.539. The summed E-state index contributed by atoms with van der Waals surface area (Å²) in [7, 11) is 0. The first-order valence-electron chi connectivity index (χ1n) is 6.08. The fraction of sp³-hybridized carbons (Fsp3) is 0.571. The van der Waals surface area contributed by atoms with Gasteiger partial charge in [0.1, 0.15) is 0 Å². The van der Waals surface area contributed by atoms with Crippen LogP contribution in [-0.4, -0.2) is 17.5 Å². The van der Waals surface area contributed by atoms with Gasteiger partial charge >= 0.3 is 0 Å². The van der Waals surface area contributed by atoms with Crippen LogP contribution in [0, 0.1) is 5.92 Å². The smallest absolute Gasteiger partial charge is 0.0462 e. The molecular weight excluding hydrogens is 298 g/mol. The predicted molar refractivity (Wildman–Crippen MR) is 79.5 cm³/mol. The van der Waals surface area contributed by atoms with Crippen molar-refractivity contribution >= 4 is 27.5 Å². The lowest BCUT2D eigenvalue weighted by Crippen LogP contribution is -2.33. The van der Waals surface area contributed by atoms with Crippen molar-refractivity contribution in [2.75, 3.05) is 6.54 Å². The average molecular weight is 319 g/mol. The Hall–Kier alpha value is -0.0500. The first-order chi connectivity index (χ1) is 7.90. The summed E-state index contributed by atoms with van der Waals surface area (Å²) in [5, 5.41) is 0.841. The highest BCUT2D eigenvalue weighted by atomic mass is 79.9. The highest BCUT2D eigenvalue weighted by Crippen LogP contribution is 2.23. The molecule has 0 radical (unpaired) electrons. The summed E-state index contributed by atoms with van der Waals surface area (Å²) in [6, 6.07) is 6.65. The van der Waals surface area contributed by atoms with Crippen LogP contribution in [-0.2, 0) is 6.54 Å². The molecule has 1 aromatic carbocycles. The normalized spacial score (nSPS) is 11.8. The van der Waals surface area contributed by atoms with Gasteiger partial charge < -0.3 is 0 Å². The van der Waals surface area contributed by atoms with Gasteiger partial charge in [-0.3, -0.25) is 4.90 Å². The Balaban J connectivity index is 2.78. The first kappa shape index (κ1) is 15.0. The minimum Gasteiger partial charge on any atom is -0.296 e. The van der Waals surface area contributed by atoms with E-state index >= 15 is 0 Å². The standard InChI is InChI=1S/C14H21BrClN/c1-10(2)8-17(11(3)4)9-12-5-6-13(15)7-14(12)16/h5-7,10-11H,8-9H2,1-4H3. The molecule has 0 fully saturated rings. The van der Waals surface area contributed by atoms with Crippen LogP contribution in [0.15, 0.2) is 22.7 Å². The number of rotatable bonds is 5. The lowest BCUT2D eigenvalue weighted by atomic mass is 10.1. The number of hydrogen-bond acceptors (Lipinski definition) is 1. The minimum atomic E-state index is 0.539. The maximum Gasteiger partial charge on any atom is 0.0462 e. The second-order valence-electron chi connectivity index (χ2n) is 5.15. The molecule has 0 aliphatic rings. The molecule has 17 heavy (non-hydrogen) atoms. The van der Waals surface area contributed by atoms with Gasteiger partial charge in [0.05, 0.1) is 0 Å². The summed E-state index contributed by atoms with van der Waals surface area (Å²) >= 11 is 9.69. The number of hydrogen-bond donors (Lipinski definition) is 0. The molecule has 1 nitrogen and oxygen atoms in total. The molecular formula is C14H21BrClN. The Morgan fingerprint density at radius 2 is 1.88 bits per heavy atom. The van der Waals surface area contributed by atoms with E-state index in [1.165, 1.54) is 5.56 Å². The Kier molecular flexibility index (Phi) is 5.98. The van der Waals surface area contributed by atoms with Gasteiger partial charge in [0.15, 0.2) is 0 Å². The molecule has 0 saturated heterocycles. The third-order valence-electron chi connectivity index (χ3n) is 2.72. The Labute approximate surface area is 118 Å². The highest BCUT2D eigenvalue weighted by molar-refractivity contribution is 9.10. The van der Waals surface area contributed by atoms with Gasteiger partial charge in [-0.25, -0.2) is 0 Å². The quantitative estimate of drug-likeness (QED) is 0.741. The van der Waals surface area contributed by atoms with E-state index in [9.17, 15) is 0 Å². The number of benzene rings is 1. The van der Waals surface area contributed by atoms with Gasteiger partial charge in [-0.05, 0) is 37.5 Å². The summed E-state index contributed by atoms with van der Waals surface area (Å²) in [4.78, 5) is 2.46. The van der Waals surface area contributed by atoms with Crippen molar-refractivity contribution < 1.29 is 0 Å². The van der Waals surface area contributed by atoms with Crippen molar-refractivity contribution in [1.29, 1.82) is 0 Å². The van der Waals surface area contributed by atoms with Gasteiger partial charge in [-0.2, -0.15) is 0 Å². The molecule has 96 valence electrons. The SMILES string of the molecule is CC(C)CN(Cc1ccc(Br)cc1Cl)C(C)C. The lowest BCUT2D eigenvalue weighted by Gasteiger charge is -2.28. The zero-order valence-electron chi connectivity index (χ0n) is 11.0. The van der Waals surface area contributed by atoms with Crippen molar-refractivity contribution in [3.8, 4) is 0 Å². The molecule has 0 aliphatic heterocycles. The van der Waals surface area contributed by atoms with Crippen LogP contribution in [0.4, 0.5) is 0 Å². The average Bonchev–Trinajstić information content (AvgIpc) is 2.19. The third-order valence-corrected chi connectivity index (χ3v) is 3.56. The maximum absolute atomic E-state index is 6.26. The fourth-order valence-corrected chi connectivity index (χ4v) is 2.53. The van der Waals surface area contributed by atoms with E-state index in [0.717, 1.165) is 22.6 Å². The van der Waals surface area contributed by atoms with Gasteiger partial charge in [0, 0.05) is 28.6 Å². The summed E-state index contributed by atoms with van der Waals surface area (Å²) in [5.74, 6) is 0.673. The number of nitrogens with zero attached hydrogens (tertiary/aromatic N) is 1. The molecule has 0 amide bonds. The molecule has 0 atom stereocenters. The van der Waals surface area contributed by atoms with Crippen LogP contribution >= 0.6 is 27.5 Å². The van der Waals surface area contributed by atoms with Gasteiger partial charge in [-0.15, -0.1) is 0 Å². The molecule has 0 aliphatic carbocycles. The zero-order chi connectivity index (χ0) is 13.0. The molecule has 0 spiro atoms. The molecule has 0 N–H and O–H groups in total. The van der Waals surface area contributed by atoms with Gasteiger partial charge in [-0.1, -0.05) is 47.4 Å². The van der Waals surface area contributed by atoms with E-state index in [0.29, 0.717) is 12.0 Å². The molecule has 0 aromatic heterocycles. The Morgan fingerprint density at radius 3 is 2.35 bits per heavy atom. The lowest BCUT2D eigenvalue weighted by molar-refractivity contribution is 0.189. The summed E-state index contributed by atoms with van der Waals surface area (Å²) in [6.07, 6.45) is 0. The van der Waals surface area contributed by atoms with Crippen molar-refractivity contribution in [2.45, 2.75) is 40.3 Å². The van der Waals surface area contributed by atoms with Gasteiger partial charge in [0.25, 0.3) is 0 Å². The highest BCUT2D eigenvalue weighted by Gasteiger charge is 2.13. The third kappa shape index (κ3) is 4.99. The Bertz CT molecular complexity index is 363. The van der Waals surface area contributed by atoms with Crippen LogP contribution in [0.25, 0.3) is 0 Å². The van der Waals surface area contributed by atoms with Crippen molar-refractivity contribution in [1.82, 2.24) is 4.90 Å². The summed E-state index contributed by atoms with van der Waals surface area (Å²) in [5.41, 5.74) is 1.20. The van der Waals surface area contributed by atoms with Gasteiger partial charge in [0.2, 0.25) is 0 Å². The van der Waals surface area contributed by atoms with Crippen LogP contribution in [0.2, 0.25) is 5.02 Å². The fourth-order valence-electron chi connectivity index (χ4n) is 1.80. The van der Waals surface area contributed by atoms with E-state index < -0.39 is 0 Å².